The first-order valence-electron chi connectivity index (χ1n) is 7.38. The van der Waals surface area contributed by atoms with Crippen LogP contribution in [0.2, 0.25) is 0 Å². The summed E-state index contributed by atoms with van der Waals surface area (Å²) in [5, 5.41) is 13.9. The number of amides is 2. The van der Waals surface area contributed by atoms with Gasteiger partial charge in [-0.15, -0.1) is 11.3 Å². The number of aliphatic hydroxyl groups excluding tert-OH is 1. The number of nitrogens with one attached hydrogen (secondary N) is 1. The summed E-state index contributed by atoms with van der Waals surface area (Å²) in [5.41, 5.74) is 0.710. The molecule has 7 heteroatoms. The number of hydrogen-bond donors (Lipinski definition) is 2. The third-order valence-corrected chi connectivity index (χ3v) is 4.72. The monoisotopic (exact) mass is 321 g/mol. The first kappa shape index (κ1) is 15.1. The highest BCUT2D eigenvalue weighted by atomic mass is 32.1. The second-order valence-electron chi connectivity index (χ2n) is 5.39. The van der Waals surface area contributed by atoms with Crippen LogP contribution in [-0.4, -0.2) is 40.7 Å². The lowest BCUT2D eigenvalue weighted by Crippen LogP contribution is -2.44. The molecule has 0 aromatic carbocycles. The van der Waals surface area contributed by atoms with E-state index in [-0.39, 0.29) is 12.6 Å². The van der Waals surface area contributed by atoms with Crippen LogP contribution < -0.4 is 5.32 Å². The molecule has 6 nitrogen and oxygen atoms in total. The smallest absolute Gasteiger partial charge is 0.317 e. The molecule has 2 aromatic heterocycles. The molecule has 1 aliphatic rings. The van der Waals surface area contributed by atoms with Crippen molar-refractivity contribution in [2.24, 2.45) is 5.92 Å². The predicted octanol–water partition coefficient (Wildman–Crippen LogP) is 2.32. The van der Waals surface area contributed by atoms with Gasteiger partial charge in [0.05, 0.1) is 17.1 Å². The van der Waals surface area contributed by atoms with Crippen molar-refractivity contribution in [1.82, 2.24) is 15.2 Å². The molecule has 0 atom stereocenters. The summed E-state index contributed by atoms with van der Waals surface area (Å²) in [6, 6.07) is 3.81. The van der Waals surface area contributed by atoms with E-state index in [1.54, 1.807) is 22.5 Å². The number of thiophene rings is 1. The van der Waals surface area contributed by atoms with Crippen molar-refractivity contribution in [3.05, 3.63) is 29.5 Å². The number of rotatable bonds is 4. The van der Waals surface area contributed by atoms with Gasteiger partial charge in [-0.3, -0.25) is 0 Å². The Morgan fingerprint density at radius 1 is 1.50 bits per heavy atom. The van der Waals surface area contributed by atoms with Crippen LogP contribution in [0.5, 0.6) is 0 Å². The van der Waals surface area contributed by atoms with E-state index in [0.717, 1.165) is 17.7 Å². The van der Waals surface area contributed by atoms with Crippen LogP contribution in [0.15, 0.2) is 28.2 Å². The molecule has 0 bridgehead atoms. The Balaban J connectivity index is 1.49. The lowest BCUT2D eigenvalue weighted by Gasteiger charge is -2.31. The number of aromatic nitrogens is 1. The van der Waals surface area contributed by atoms with Crippen molar-refractivity contribution < 1.29 is 14.3 Å². The molecule has 3 rings (SSSR count). The quantitative estimate of drug-likeness (QED) is 0.906. The normalized spacial score (nSPS) is 16.0. The molecule has 0 spiro atoms. The fraction of sp³-hybridized carbons (Fsp3) is 0.467. The summed E-state index contributed by atoms with van der Waals surface area (Å²) in [7, 11) is 0. The van der Waals surface area contributed by atoms with Crippen molar-refractivity contribution in [2.45, 2.75) is 19.4 Å². The minimum atomic E-state index is -0.0861. The van der Waals surface area contributed by atoms with Gasteiger partial charge < -0.3 is 19.7 Å². The number of carbonyl (C=O) groups excluding carboxylic acids is 1. The molecule has 3 heterocycles. The van der Waals surface area contributed by atoms with Crippen LogP contribution in [0.25, 0.3) is 10.8 Å². The van der Waals surface area contributed by atoms with Gasteiger partial charge in [0.1, 0.15) is 6.26 Å². The van der Waals surface area contributed by atoms with Gasteiger partial charge in [0.25, 0.3) is 0 Å². The number of oxazole rings is 1. The third-order valence-electron chi connectivity index (χ3n) is 3.86. The summed E-state index contributed by atoms with van der Waals surface area (Å²) < 4.78 is 5.42. The average molecular weight is 321 g/mol. The SMILES string of the molecule is O=C(NCc1coc(-c2cccs2)n1)N1CCC(CO)CC1. The van der Waals surface area contributed by atoms with Crippen molar-refractivity contribution in [2.75, 3.05) is 19.7 Å². The summed E-state index contributed by atoms with van der Waals surface area (Å²) >= 11 is 1.57. The molecule has 2 amide bonds. The summed E-state index contributed by atoms with van der Waals surface area (Å²) in [4.78, 5) is 19.2. The number of piperidine rings is 1. The Kier molecular flexibility index (Phi) is 4.74. The zero-order valence-electron chi connectivity index (χ0n) is 12.2. The lowest BCUT2D eigenvalue weighted by molar-refractivity contribution is 0.137. The largest absolute Gasteiger partial charge is 0.443 e. The standard InChI is InChI=1S/C15H19N3O3S/c19-9-11-3-5-18(6-4-11)15(20)16-8-12-10-21-14(17-12)13-2-1-7-22-13/h1-2,7,10-11,19H,3-6,8-9H2,(H,16,20). The lowest BCUT2D eigenvalue weighted by atomic mass is 9.98. The number of nitrogens with zero attached hydrogens (tertiary/aromatic N) is 2. The first-order valence-corrected chi connectivity index (χ1v) is 8.26. The molecule has 118 valence electrons. The highest BCUT2D eigenvalue weighted by Crippen LogP contribution is 2.23. The Morgan fingerprint density at radius 3 is 3.00 bits per heavy atom. The average Bonchev–Trinajstić information content (AvgIpc) is 3.23. The van der Waals surface area contributed by atoms with E-state index >= 15 is 0 Å². The first-order chi connectivity index (χ1) is 10.8. The van der Waals surface area contributed by atoms with Crippen molar-refractivity contribution >= 4 is 17.4 Å². The van der Waals surface area contributed by atoms with Crippen LogP contribution >= 0.6 is 11.3 Å². The molecule has 2 aromatic rings. The van der Waals surface area contributed by atoms with E-state index in [1.165, 1.54) is 0 Å². The second-order valence-corrected chi connectivity index (χ2v) is 6.34. The molecule has 1 fully saturated rings. The van der Waals surface area contributed by atoms with Gasteiger partial charge in [-0.1, -0.05) is 6.07 Å². The van der Waals surface area contributed by atoms with Gasteiger partial charge in [0.2, 0.25) is 5.89 Å². The molecular weight excluding hydrogens is 302 g/mol. The molecule has 0 saturated carbocycles. The molecule has 0 aliphatic carbocycles. The molecule has 0 unspecified atom stereocenters. The number of aliphatic hydroxyl groups is 1. The number of urea groups is 1. The fourth-order valence-electron chi connectivity index (χ4n) is 2.50. The van der Waals surface area contributed by atoms with Gasteiger partial charge >= 0.3 is 6.03 Å². The molecule has 2 N–H and O–H groups in total. The molecule has 0 radical (unpaired) electrons. The number of hydrogen-bond acceptors (Lipinski definition) is 5. The minimum absolute atomic E-state index is 0.0861. The van der Waals surface area contributed by atoms with Crippen LogP contribution in [0.4, 0.5) is 4.79 Å². The van der Waals surface area contributed by atoms with E-state index < -0.39 is 0 Å². The Bertz CT molecular complexity index is 603. The van der Waals surface area contributed by atoms with E-state index in [9.17, 15) is 4.79 Å². The van der Waals surface area contributed by atoms with Crippen LogP contribution in [0.3, 0.4) is 0 Å². The van der Waals surface area contributed by atoms with E-state index in [1.807, 2.05) is 17.5 Å². The second kappa shape index (κ2) is 6.93. The highest BCUT2D eigenvalue weighted by Gasteiger charge is 2.22. The maximum Gasteiger partial charge on any atom is 0.317 e. The predicted molar refractivity (Wildman–Crippen MR) is 83.4 cm³/mol. The maximum atomic E-state index is 12.1. The molecule has 22 heavy (non-hydrogen) atoms. The highest BCUT2D eigenvalue weighted by molar-refractivity contribution is 7.13. The van der Waals surface area contributed by atoms with Gasteiger partial charge in [0, 0.05) is 19.7 Å². The Labute approximate surface area is 132 Å². The topological polar surface area (TPSA) is 78.6 Å². The van der Waals surface area contributed by atoms with E-state index in [2.05, 4.69) is 10.3 Å². The van der Waals surface area contributed by atoms with Gasteiger partial charge in [-0.25, -0.2) is 9.78 Å². The van der Waals surface area contributed by atoms with Gasteiger partial charge in [-0.05, 0) is 30.2 Å². The molecular formula is C15H19N3O3S. The molecule has 1 saturated heterocycles. The van der Waals surface area contributed by atoms with Crippen LogP contribution in [0, 0.1) is 5.92 Å². The Morgan fingerprint density at radius 2 is 2.32 bits per heavy atom. The minimum Gasteiger partial charge on any atom is -0.443 e. The van der Waals surface area contributed by atoms with Gasteiger partial charge in [0.15, 0.2) is 0 Å². The van der Waals surface area contributed by atoms with E-state index in [4.69, 9.17) is 9.52 Å². The summed E-state index contributed by atoms with van der Waals surface area (Å²) in [5.74, 6) is 0.913. The third kappa shape index (κ3) is 3.48. The van der Waals surface area contributed by atoms with Crippen molar-refractivity contribution in [3.63, 3.8) is 0 Å². The van der Waals surface area contributed by atoms with Crippen molar-refractivity contribution in [1.29, 1.82) is 0 Å². The maximum absolute atomic E-state index is 12.1. The van der Waals surface area contributed by atoms with Crippen molar-refractivity contribution in [3.8, 4) is 10.8 Å². The Hall–Kier alpha value is -1.86. The van der Waals surface area contributed by atoms with E-state index in [0.29, 0.717) is 37.1 Å². The number of likely N-dealkylation sites (tertiary alicyclic amines) is 1. The molecule has 1 aliphatic heterocycles. The van der Waals surface area contributed by atoms with Gasteiger partial charge in [-0.2, -0.15) is 0 Å². The summed E-state index contributed by atoms with van der Waals surface area (Å²) in [6.45, 7) is 1.94. The fourth-order valence-corrected chi connectivity index (χ4v) is 3.15. The van der Waals surface area contributed by atoms with Crippen LogP contribution in [-0.2, 0) is 6.54 Å². The zero-order valence-corrected chi connectivity index (χ0v) is 13.0. The number of carbonyl (C=O) groups is 1. The van der Waals surface area contributed by atoms with Crippen LogP contribution in [0.1, 0.15) is 18.5 Å². The summed E-state index contributed by atoms with van der Waals surface area (Å²) in [6.07, 6.45) is 3.29. The zero-order chi connectivity index (χ0) is 15.4.